The summed E-state index contributed by atoms with van der Waals surface area (Å²) in [5, 5.41) is 0. The van der Waals surface area contributed by atoms with Crippen molar-refractivity contribution in [1.82, 2.24) is 4.90 Å². The van der Waals surface area contributed by atoms with Gasteiger partial charge in [-0.05, 0) is 19.8 Å². The lowest BCUT2D eigenvalue weighted by molar-refractivity contribution is -0.137. The predicted molar refractivity (Wildman–Crippen MR) is 72.6 cm³/mol. The van der Waals surface area contributed by atoms with E-state index < -0.39 is 14.6 Å². The highest BCUT2D eigenvalue weighted by Crippen LogP contribution is 2.45. The Balaban J connectivity index is 2.06. The molecule has 19 heavy (non-hydrogen) atoms. The molecule has 0 aliphatic carbocycles. The Bertz CT molecular complexity index is 440. The van der Waals surface area contributed by atoms with Crippen molar-refractivity contribution in [3.8, 4) is 0 Å². The standard InChI is InChI=1S/C13H23NO4S/c1-3-5-12(15)14-9-13(10-14)11(8-18-4-2)6-7-19(13,16)17/h11H,3-10H2,1-2H3. The lowest BCUT2D eigenvalue weighted by Gasteiger charge is -2.50. The van der Waals surface area contributed by atoms with E-state index in [0.717, 1.165) is 6.42 Å². The average molecular weight is 289 g/mol. The molecule has 2 rings (SSSR count). The van der Waals surface area contributed by atoms with Crippen LogP contribution in [0, 0.1) is 5.92 Å². The molecule has 0 saturated carbocycles. The molecule has 2 saturated heterocycles. The Morgan fingerprint density at radius 3 is 2.63 bits per heavy atom. The van der Waals surface area contributed by atoms with Gasteiger partial charge < -0.3 is 9.64 Å². The third-order valence-electron chi connectivity index (χ3n) is 4.36. The molecule has 110 valence electrons. The minimum atomic E-state index is -3.08. The number of carbonyl (C=O) groups excluding carboxylic acids is 1. The van der Waals surface area contributed by atoms with Gasteiger partial charge in [-0.2, -0.15) is 0 Å². The van der Waals surface area contributed by atoms with E-state index >= 15 is 0 Å². The molecule has 2 fully saturated rings. The van der Waals surface area contributed by atoms with E-state index in [1.807, 2.05) is 13.8 Å². The quantitative estimate of drug-likeness (QED) is 0.752. The lowest BCUT2D eigenvalue weighted by Crippen LogP contribution is -2.68. The number of rotatable bonds is 5. The maximum absolute atomic E-state index is 12.3. The topological polar surface area (TPSA) is 63.7 Å². The van der Waals surface area contributed by atoms with Crippen molar-refractivity contribution >= 4 is 15.7 Å². The molecule has 2 aliphatic rings. The zero-order valence-corrected chi connectivity index (χ0v) is 12.5. The zero-order chi connectivity index (χ0) is 14.1. The number of nitrogens with zero attached hydrogens (tertiary/aromatic N) is 1. The van der Waals surface area contributed by atoms with Gasteiger partial charge in [0.1, 0.15) is 4.75 Å². The van der Waals surface area contributed by atoms with E-state index in [1.165, 1.54) is 0 Å². The molecule has 1 spiro atoms. The van der Waals surface area contributed by atoms with E-state index in [4.69, 9.17) is 4.74 Å². The second kappa shape index (κ2) is 5.40. The molecule has 0 aromatic carbocycles. The SMILES string of the molecule is CCCC(=O)N1CC2(C1)C(COCC)CCS2(=O)=O. The van der Waals surface area contributed by atoms with Crippen molar-refractivity contribution in [2.45, 2.75) is 37.9 Å². The van der Waals surface area contributed by atoms with Crippen molar-refractivity contribution in [2.24, 2.45) is 5.92 Å². The van der Waals surface area contributed by atoms with Gasteiger partial charge in [0, 0.05) is 32.0 Å². The summed E-state index contributed by atoms with van der Waals surface area (Å²) in [5.74, 6) is 0.356. The first-order valence-electron chi connectivity index (χ1n) is 7.04. The minimum absolute atomic E-state index is 0.0446. The molecular weight excluding hydrogens is 266 g/mol. The Morgan fingerprint density at radius 1 is 1.37 bits per heavy atom. The van der Waals surface area contributed by atoms with Crippen molar-refractivity contribution < 1.29 is 17.9 Å². The summed E-state index contributed by atoms with van der Waals surface area (Å²) < 4.78 is 29.2. The van der Waals surface area contributed by atoms with Crippen LogP contribution in [-0.2, 0) is 19.4 Å². The minimum Gasteiger partial charge on any atom is -0.381 e. The average Bonchev–Trinajstić information content (AvgIpc) is 2.56. The fourth-order valence-electron chi connectivity index (χ4n) is 3.12. The molecule has 0 N–H and O–H groups in total. The fourth-order valence-corrected chi connectivity index (χ4v) is 5.52. The highest BCUT2D eigenvalue weighted by molar-refractivity contribution is 7.93. The highest BCUT2D eigenvalue weighted by atomic mass is 32.2. The van der Waals surface area contributed by atoms with E-state index in [9.17, 15) is 13.2 Å². The van der Waals surface area contributed by atoms with Gasteiger partial charge in [-0.15, -0.1) is 0 Å². The van der Waals surface area contributed by atoms with Crippen LogP contribution < -0.4 is 0 Å². The van der Waals surface area contributed by atoms with Crippen molar-refractivity contribution in [1.29, 1.82) is 0 Å². The van der Waals surface area contributed by atoms with Crippen LogP contribution in [0.3, 0.4) is 0 Å². The molecular formula is C13H23NO4S. The maximum Gasteiger partial charge on any atom is 0.222 e. The summed E-state index contributed by atoms with van der Waals surface area (Å²) in [7, 11) is -3.08. The van der Waals surface area contributed by atoms with E-state index in [2.05, 4.69) is 0 Å². The van der Waals surface area contributed by atoms with Gasteiger partial charge in [-0.1, -0.05) is 6.92 Å². The normalized spacial score (nSPS) is 27.5. The molecule has 0 radical (unpaired) electrons. The van der Waals surface area contributed by atoms with Gasteiger partial charge in [-0.3, -0.25) is 4.79 Å². The van der Waals surface area contributed by atoms with E-state index in [1.54, 1.807) is 4.90 Å². The fraction of sp³-hybridized carbons (Fsp3) is 0.923. The van der Waals surface area contributed by atoms with Crippen molar-refractivity contribution in [2.75, 3.05) is 32.1 Å². The predicted octanol–water partition coefficient (Wildman–Crippen LogP) is 0.839. The second-order valence-electron chi connectivity index (χ2n) is 5.53. The monoisotopic (exact) mass is 289 g/mol. The van der Waals surface area contributed by atoms with Gasteiger partial charge in [0.15, 0.2) is 9.84 Å². The number of amides is 1. The van der Waals surface area contributed by atoms with Crippen LogP contribution in [-0.4, -0.2) is 56.0 Å². The van der Waals surface area contributed by atoms with Gasteiger partial charge >= 0.3 is 0 Å². The molecule has 2 heterocycles. The number of hydrogen-bond donors (Lipinski definition) is 0. The highest BCUT2D eigenvalue weighted by Gasteiger charge is 2.62. The lowest BCUT2D eigenvalue weighted by atomic mass is 9.83. The molecule has 6 heteroatoms. The molecule has 0 aromatic heterocycles. The molecule has 5 nitrogen and oxygen atoms in total. The van der Waals surface area contributed by atoms with Crippen LogP contribution in [0.15, 0.2) is 0 Å². The van der Waals surface area contributed by atoms with Crippen molar-refractivity contribution in [3.63, 3.8) is 0 Å². The summed E-state index contributed by atoms with van der Waals surface area (Å²) in [6.07, 6.45) is 1.97. The summed E-state index contributed by atoms with van der Waals surface area (Å²) >= 11 is 0. The van der Waals surface area contributed by atoms with Crippen molar-refractivity contribution in [3.05, 3.63) is 0 Å². The maximum atomic E-state index is 12.3. The van der Waals surface area contributed by atoms with Crippen LogP contribution in [0.1, 0.15) is 33.1 Å². The van der Waals surface area contributed by atoms with Crippen LogP contribution in [0.2, 0.25) is 0 Å². The van der Waals surface area contributed by atoms with Gasteiger partial charge in [0.2, 0.25) is 5.91 Å². The van der Waals surface area contributed by atoms with E-state index in [-0.39, 0.29) is 17.6 Å². The number of sulfone groups is 1. The molecule has 1 unspecified atom stereocenters. The van der Waals surface area contributed by atoms with Gasteiger partial charge in [0.25, 0.3) is 0 Å². The zero-order valence-electron chi connectivity index (χ0n) is 11.7. The second-order valence-corrected chi connectivity index (χ2v) is 7.98. The number of hydrogen-bond acceptors (Lipinski definition) is 4. The molecule has 1 atom stereocenters. The van der Waals surface area contributed by atoms with Crippen LogP contribution in [0.5, 0.6) is 0 Å². The van der Waals surface area contributed by atoms with E-state index in [0.29, 0.717) is 39.1 Å². The Hall–Kier alpha value is -0.620. The summed E-state index contributed by atoms with van der Waals surface area (Å²) in [6.45, 7) is 5.69. The first-order chi connectivity index (χ1) is 8.97. The van der Waals surface area contributed by atoms with Crippen LogP contribution in [0.4, 0.5) is 0 Å². The smallest absolute Gasteiger partial charge is 0.222 e. The van der Waals surface area contributed by atoms with Crippen LogP contribution >= 0.6 is 0 Å². The summed E-state index contributed by atoms with van der Waals surface area (Å²) in [5.41, 5.74) is 0. The molecule has 0 aromatic rings. The largest absolute Gasteiger partial charge is 0.381 e. The molecule has 0 bridgehead atoms. The third kappa shape index (κ3) is 2.40. The number of carbonyl (C=O) groups is 1. The third-order valence-corrected chi connectivity index (χ3v) is 6.96. The Labute approximate surface area is 115 Å². The summed E-state index contributed by atoms with van der Waals surface area (Å²) in [4.78, 5) is 13.5. The summed E-state index contributed by atoms with van der Waals surface area (Å²) in [6, 6.07) is 0. The van der Waals surface area contributed by atoms with Gasteiger partial charge in [0.05, 0.1) is 12.4 Å². The number of likely N-dealkylation sites (tertiary alicyclic amines) is 1. The molecule has 1 amide bonds. The van der Waals surface area contributed by atoms with Gasteiger partial charge in [-0.25, -0.2) is 8.42 Å². The number of ether oxygens (including phenoxy) is 1. The first kappa shape index (κ1) is 14.8. The molecule has 2 aliphatic heterocycles. The Kier molecular flexibility index (Phi) is 4.20. The Morgan fingerprint density at radius 2 is 2.05 bits per heavy atom. The first-order valence-corrected chi connectivity index (χ1v) is 8.70. The van der Waals surface area contributed by atoms with Crippen LogP contribution in [0.25, 0.3) is 0 Å².